The summed E-state index contributed by atoms with van der Waals surface area (Å²) in [6.07, 6.45) is 3.33. The standard InChI is InChI=1S/C11H14N4O2S/c16-7-9-8-17-10(13-9)14-2-4-15(5-3-14)11-12-1-6-18-11/h1,6,8,16H,2-5,7H2. The first-order valence-corrected chi connectivity index (χ1v) is 6.69. The van der Waals surface area contributed by atoms with Crippen LogP contribution in [-0.2, 0) is 6.61 Å². The lowest BCUT2D eigenvalue weighted by atomic mass is 10.3. The van der Waals surface area contributed by atoms with Crippen LogP contribution in [0.5, 0.6) is 0 Å². The monoisotopic (exact) mass is 266 g/mol. The maximum Gasteiger partial charge on any atom is 0.297 e. The van der Waals surface area contributed by atoms with Crippen molar-refractivity contribution in [2.45, 2.75) is 6.61 Å². The molecule has 3 rings (SSSR count). The summed E-state index contributed by atoms with van der Waals surface area (Å²) in [5, 5.41) is 12.0. The number of aliphatic hydroxyl groups is 1. The van der Waals surface area contributed by atoms with Crippen molar-refractivity contribution < 1.29 is 9.52 Å². The second-order valence-electron chi connectivity index (χ2n) is 4.07. The number of aliphatic hydroxyl groups excluding tert-OH is 1. The zero-order chi connectivity index (χ0) is 12.4. The van der Waals surface area contributed by atoms with Gasteiger partial charge < -0.3 is 19.3 Å². The van der Waals surface area contributed by atoms with Crippen molar-refractivity contribution in [1.29, 1.82) is 0 Å². The second kappa shape index (κ2) is 4.95. The Kier molecular flexibility index (Phi) is 3.16. The molecule has 1 saturated heterocycles. The third-order valence-electron chi connectivity index (χ3n) is 2.94. The van der Waals surface area contributed by atoms with Crippen molar-refractivity contribution in [3.8, 4) is 0 Å². The van der Waals surface area contributed by atoms with Crippen LogP contribution in [0.4, 0.5) is 11.1 Å². The molecule has 1 fully saturated rings. The SMILES string of the molecule is OCc1coc(N2CCN(c3nccs3)CC2)n1. The van der Waals surface area contributed by atoms with Crippen LogP contribution >= 0.6 is 11.3 Å². The quantitative estimate of drug-likeness (QED) is 0.892. The number of piperazine rings is 1. The van der Waals surface area contributed by atoms with Crippen LogP contribution in [0.3, 0.4) is 0 Å². The number of hydrogen-bond donors (Lipinski definition) is 1. The van der Waals surface area contributed by atoms with E-state index in [9.17, 15) is 0 Å². The molecule has 1 aliphatic heterocycles. The van der Waals surface area contributed by atoms with Gasteiger partial charge in [0.05, 0.1) is 6.61 Å². The lowest BCUT2D eigenvalue weighted by molar-refractivity contribution is 0.276. The lowest BCUT2D eigenvalue weighted by Crippen LogP contribution is -2.46. The van der Waals surface area contributed by atoms with Crippen LogP contribution < -0.4 is 9.80 Å². The Morgan fingerprint density at radius 1 is 1.28 bits per heavy atom. The van der Waals surface area contributed by atoms with Gasteiger partial charge in [-0.2, -0.15) is 4.98 Å². The molecule has 96 valence electrons. The van der Waals surface area contributed by atoms with Gasteiger partial charge in [0, 0.05) is 37.8 Å². The highest BCUT2D eigenvalue weighted by Gasteiger charge is 2.21. The molecule has 6 nitrogen and oxygen atoms in total. The Hall–Kier alpha value is -1.60. The van der Waals surface area contributed by atoms with E-state index >= 15 is 0 Å². The van der Waals surface area contributed by atoms with Crippen LogP contribution in [0.25, 0.3) is 0 Å². The van der Waals surface area contributed by atoms with Crippen molar-refractivity contribution in [1.82, 2.24) is 9.97 Å². The fourth-order valence-electron chi connectivity index (χ4n) is 1.98. The average molecular weight is 266 g/mol. The van der Waals surface area contributed by atoms with Gasteiger partial charge >= 0.3 is 0 Å². The van der Waals surface area contributed by atoms with E-state index in [1.54, 1.807) is 11.3 Å². The van der Waals surface area contributed by atoms with E-state index in [2.05, 4.69) is 19.8 Å². The summed E-state index contributed by atoms with van der Waals surface area (Å²) >= 11 is 1.66. The molecule has 0 spiro atoms. The van der Waals surface area contributed by atoms with Gasteiger partial charge in [-0.15, -0.1) is 11.3 Å². The van der Waals surface area contributed by atoms with Gasteiger partial charge in [0.15, 0.2) is 5.13 Å². The van der Waals surface area contributed by atoms with Crippen molar-refractivity contribution in [2.75, 3.05) is 36.0 Å². The molecule has 0 saturated carbocycles. The molecule has 0 aliphatic carbocycles. The highest BCUT2D eigenvalue weighted by molar-refractivity contribution is 7.13. The first-order valence-electron chi connectivity index (χ1n) is 5.81. The molecule has 0 bridgehead atoms. The van der Waals surface area contributed by atoms with Gasteiger partial charge in [-0.3, -0.25) is 0 Å². The zero-order valence-corrected chi connectivity index (χ0v) is 10.6. The van der Waals surface area contributed by atoms with Gasteiger partial charge in [-0.1, -0.05) is 0 Å². The Morgan fingerprint density at radius 2 is 2.06 bits per heavy atom. The molecule has 3 heterocycles. The molecule has 2 aromatic heterocycles. The predicted molar refractivity (Wildman–Crippen MR) is 69.0 cm³/mol. The summed E-state index contributed by atoms with van der Waals surface area (Å²) in [7, 11) is 0. The Bertz CT molecular complexity index is 491. The van der Waals surface area contributed by atoms with Crippen LogP contribution in [0, 0.1) is 0 Å². The van der Waals surface area contributed by atoms with Crippen LogP contribution in [0.15, 0.2) is 22.3 Å². The van der Waals surface area contributed by atoms with E-state index < -0.39 is 0 Å². The maximum absolute atomic E-state index is 8.96. The molecule has 0 amide bonds. The first-order chi connectivity index (χ1) is 8.86. The smallest absolute Gasteiger partial charge is 0.297 e. The molecule has 2 aromatic rings. The van der Waals surface area contributed by atoms with Crippen molar-refractivity contribution in [3.63, 3.8) is 0 Å². The van der Waals surface area contributed by atoms with Gasteiger partial charge in [-0.25, -0.2) is 4.98 Å². The Balaban J connectivity index is 1.63. The van der Waals surface area contributed by atoms with E-state index in [0.29, 0.717) is 11.7 Å². The molecule has 1 aliphatic rings. The van der Waals surface area contributed by atoms with Crippen molar-refractivity contribution in [3.05, 3.63) is 23.5 Å². The largest absolute Gasteiger partial charge is 0.432 e. The molecule has 1 N–H and O–H groups in total. The summed E-state index contributed by atoms with van der Waals surface area (Å²) in [5.41, 5.74) is 0.576. The van der Waals surface area contributed by atoms with E-state index in [4.69, 9.17) is 9.52 Å². The molecule has 0 radical (unpaired) electrons. The zero-order valence-electron chi connectivity index (χ0n) is 9.82. The van der Waals surface area contributed by atoms with Crippen LogP contribution in [0.2, 0.25) is 0 Å². The number of thiazole rings is 1. The summed E-state index contributed by atoms with van der Waals surface area (Å²) in [6, 6.07) is 0.595. The fraction of sp³-hybridized carbons (Fsp3) is 0.455. The first kappa shape index (κ1) is 11.5. The Morgan fingerprint density at radius 3 is 2.67 bits per heavy atom. The lowest BCUT2D eigenvalue weighted by Gasteiger charge is -2.33. The van der Waals surface area contributed by atoms with E-state index in [1.165, 1.54) is 6.26 Å². The Labute approximate surface area is 108 Å². The van der Waals surface area contributed by atoms with Gasteiger partial charge in [0.1, 0.15) is 12.0 Å². The second-order valence-corrected chi connectivity index (χ2v) is 4.94. The maximum atomic E-state index is 8.96. The van der Waals surface area contributed by atoms with Gasteiger partial charge in [-0.05, 0) is 0 Å². The number of nitrogens with zero attached hydrogens (tertiary/aromatic N) is 4. The van der Waals surface area contributed by atoms with Gasteiger partial charge in [0.25, 0.3) is 6.01 Å². The molecule has 0 atom stereocenters. The molecular weight excluding hydrogens is 252 g/mol. The third kappa shape index (κ3) is 2.19. The van der Waals surface area contributed by atoms with Crippen molar-refractivity contribution in [2.24, 2.45) is 0 Å². The number of aromatic nitrogens is 2. The summed E-state index contributed by atoms with van der Waals surface area (Å²) in [6.45, 7) is 3.44. The number of rotatable bonds is 3. The van der Waals surface area contributed by atoms with E-state index in [0.717, 1.165) is 31.3 Å². The molecule has 0 aromatic carbocycles. The highest BCUT2D eigenvalue weighted by atomic mass is 32.1. The summed E-state index contributed by atoms with van der Waals surface area (Å²) in [4.78, 5) is 12.9. The molecule has 0 unspecified atom stereocenters. The minimum absolute atomic E-state index is 0.0808. The van der Waals surface area contributed by atoms with Crippen molar-refractivity contribution >= 4 is 22.5 Å². The fourth-order valence-corrected chi connectivity index (χ4v) is 2.67. The normalized spacial score (nSPS) is 16.3. The number of anilines is 2. The molecule has 7 heteroatoms. The van der Waals surface area contributed by atoms with Gasteiger partial charge in [0.2, 0.25) is 0 Å². The molecular formula is C11H14N4O2S. The summed E-state index contributed by atoms with van der Waals surface area (Å²) < 4.78 is 5.34. The number of hydrogen-bond acceptors (Lipinski definition) is 7. The minimum Gasteiger partial charge on any atom is -0.432 e. The predicted octanol–water partition coefficient (Wildman–Crippen LogP) is 0.950. The van der Waals surface area contributed by atoms with E-state index in [1.807, 2.05) is 11.6 Å². The third-order valence-corrected chi connectivity index (χ3v) is 3.77. The van der Waals surface area contributed by atoms with Crippen LogP contribution in [-0.4, -0.2) is 41.3 Å². The molecule has 18 heavy (non-hydrogen) atoms. The topological polar surface area (TPSA) is 65.6 Å². The minimum atomic E-state index is -0.0808. The summed E-state index contributed by atoms with van der Waals surface area (Å²) in [5.74, 6) is 0. The number of oxazole rings is 1. The highest BCUT2D eigenvalue weighted by Crippen LogP contribution is 2.21. The average Bonchev–Trinajstić information content (AvgIpc) is 3.10. The van der Waals surface area contributed by atoms with E-state index in [-0.39, 0.29) is 6.61 Å². The van der Waals surface area contributed by atoms with Crippen LogP contribution in [0.1, 0.15) is 5.69 Å².